The Labute approximate surface area is 175 Å². The molecule has 1 amide bonds. The molecular formula is C21H23ClN4OS. The predicted octanol–water partition coefficient (Wildman–Crippen LogP) is 4.03. The van der Waals surface area contributed by atoms with Gasteiger partial charge >= 0.3 is 0 Å². The number of halogens is 1. The second-order valence-corrected chi connectivity index (χ2v) is 7.72. The molecule has 1 aliphatic rings. The molecule has 5 nitrogen and oxygen atoms in total. The number of benzene rings is 1. The van der Waals surface area contributed by atoms with Crippen LogP contribution in [0.25, 0.3) is 10.6 Å². The van der Waals surface area contributed by atoms with E-state index in [2.05, 4.69) is 47.3 Å². The Morgan fingerprint density at radius 3 is 2.89 bits per heavy atom. The van der Waals surface area contributed by atoms with E-state index in [-0.39, 0.29) is 24.4 Å². The molecule has 7 heteroatoms. The van der Waals surface area contributed by atoms with Gasteiger partial charge in [0.05, 0.1) is 6.04 Å². The SMILES string of the molecule is Cc1ccc(-c2nc(C(=O)N3CCNCC3c3cccnc3)cs2)c(C)c1.Cl. The van der Waals surface area contributed by atoms with Crippen molar-refractivity contribution in [3.05, 3.63) is 70.5 Å². The van der Waals surface area contributed by atoms with Crippen molar-refractivity contribution in [3.63, 3.8) is 0 Å². The van der Waals surface area contributed by atoms with Gasteiger partial charge in [0, 0.05) is 43.0 Å². The van der Waals surface area contributed by atoms with Gasteiger partial charge in [0.15, 0.2) is 0 Å². The first kappa shape index (κ1) is 20.5. The van der Waals surface area contributed by atoms with Crippen LogP contribution in [0.3, 0.4) is 0 Å². The molecule has 1 aromatic carbocycles. The van der Waals surface area contributed by atoms with E-state index in [0.29, 0.717) is 12.2 Å². The summed E-state index contributed by atoms with van der Waals surface area (Å²) in [4.78, 5) is 24.0. The lowest BCUT2D eigenvalue weighted by Gasteiger charge is -2.36. The van der Waals surface area contributed by atoms with Gasteiger partial charge in [0.1, 0.15) is 10.7 Å². The molecule has 2 aromatic heterocycles. The molecule has 3 heterocycles. The smallest absolute Gasteiger partial charge is 0.273 e. The molecule has 0 saturated carbocycles. The van der Waals surface area contributed by atoms with Crippen LogP contribution in [-0.2, 0) is 0 Å². The third-order valence-electron chi connectivity index (χ3n) is 4.91. The number of nitrogens with zero attached hydrogens (tertiary/aromatic N) is 3. The number of nitrogens with one attached hydrogen (secondary N) is 1. The van der Waals surface area contributed by atoms with Crippen molar-refractivity contribution in [1.82, 2.24) is 20.2 Å². The van der Waals surface area contributed by atoms with E-state index < -0.39 is 0 Å². The van der Waals surface area contributed by atoms with E-state index in [1.807, 2.05) is 28.6 Å². The van der Waals surface area contributed by atoms with Gasteiger partial charge < -0.3 is 10.2 Å². The molecule has 1 N–H and O–H groups in total. The lowest BCUT2D eigenvalue weighted by Crippen LogP contribution is -2.48. The quantitative estimate of drug-likeness (QED) is 0.702. The van der Waals surface area contributed by atoms with Crippen LogP contribution in [0.4, 0.5) is 0 Å². The van der Waals surface area contributed by atoms with Crippen molar-refractivity contribution in [2.24, 2.45) is 0 Å². The van der Waals surface area contributed by atoms with Gasteiger partial charge in [-0.2, -0.15) is 0 Å². The molecule has 3 aromatic rings. The maximum absolute atomic E-state index is 13.2. The van der Waals surface area contributed by atoms with Crippen molar-refractivity contribution in [1.29, 1.82) is 0 Å². The molecule has 1 saturated heterocycles. The summed E-state index contributed by atoms with van der Waals surface area (Å²) >= 11 is 1.53. The number of pyridine rings is 1. The van der Waals surface area contributed by atoms with E-state index >= 15 is 0 Å². The van der Waals surface area contributed by atoms with E-state index in [4.69, 9.17) is 0 Å². The molecular weight excluding hydrogens is 392 g/mol. The van der Waals surface area contributed by atoms with Gasteiger partial charge in [-0.15, -0.1) is 23.7 Å². The number of carbonyl (C=O) groups excluding carboxylic acids is 1. The Kier molecular flexibility index (Phi) is 6.44. The van der Waals surface area contributed by atoms with Crippen LogP contribution in [0.5, 0.6) is 0 Å². The number of hydrogen-bond donors (Lipinski definition) is 1. The molecule has 146 valence electrons. The summed E-state index contributed by atoms with van der Waals surface area (Å²) in [5.74, 6) is -0.0161. The fourth-order valence-electron chi connectivity index (χ4n) is 3.51. The highest BCUT2D eigenvalue weighted by molar-refractivity contribution is 7.13. The zero-order valence-electron chi connectivity index (χ0n) is 15.9. The van der Waals surface area contributed by atoms with Crippen LogP contribution in [0.1, 0.15) is 33.2 Å². The summed E-state index contributed by atoms with van der Waals surface area (Å²) in [5, 5.41) is 6.14. The number of piperazine rings is 1. The lowest BCUT2D eigenvalue weighted by atomic mass is 10.0. The van der Waals surface area contributed by atoms with Crippen LogP contribution in [0.2, 0.25) is 0 Å². The second-order valence-electron chi connectivity index (χ2n) is 6.86. The number of rotatable bonds is 3. The van der Waals surface area contributed by atoms with Crippen LogP contribution in [0, 0.1) is 13.8 Å². The van der Waals surface area contributed by atoms with Crippen molar-refractivity contribution in [3.8, 4) is 10.6 Å². The van der Waals surface area contributed by atoms with Gasteiger partial charge in [0.2, 0.25) is 0 Å². The molecule has 4 rings (SSSR count). The first-order chi connectivity index (χ1) is 13.1. The highest BCUT2D eigenvalue weighted by Gasteiger charge is 2.30. The van der Waals surface area contributed by atoms with Gasteiger partial charge in [0.25, 0.3) is 5.91 Å². The van der Waals surface area contributed by atoms with Gasteiger partial charge in [-0.25, -0.2) is 4.98 Å². The standard InChI is InChI=1S/C21H22N4OS.ClH/c1-14-5-6-17(15(2)10-14)20-24-18(13-27-20)21(26)25-9-8-23-12-19(25)16-4-3-7-22-11-16;/h3-7,10-11,13,19,23H,8-9,12H2,1-2H3;1H. The Morgan fingerprint density at radius 2 is 2.14 bits per heavy atom. The third kappa shape index (κ3) is 4.09. The van der Waals surface area contributed by atoms with Crippen LogP contribution >= 0.6 is 23.7 Å². The highest BCUT2D eigenvalue weighted by atomic mass is 35.5. The highest BCUT2D eigenvalue weighted by Crippen LogP contribution is 2.29. The van der Waals surface area contributed by atoms with E-state index in [1.54, 1.807) is 6.20 Å². The zero-order valence-corrected chi connectivity index (χ0v) is 17.5. The van der Waals surface area contributed by atoms with E-state index in [9.17, 15) is 4.79 Å². The molecule has 0 radical (unpaired) electrons. The molecule has 28 heavy (non-hydrogen) atoms. The number of hydrogen-bond acceptors (Lipinski definition) is 5. The molecule has 0 aliphatic carbocycles. The van der Waals surface area contributed by atoms with Gasteiger partial charge in [-0.05, 0) is 31.0 Å². The topological polar surface area (TPSA) is 58.1 Å². The maximum Gasteiger partial charge on any atom is 0.273 e. The van der Waals surface area contributed by atoms with Crippen molar-refractivity contribution in [2.75, 3.05) is 19.6 Å². The fraction of sp³-hybridized carbons (Fsp3) is 0.286. The Balaban J connectivity index is 0.00000225. The summed E-state index contributed by atoms with van der Waals surface area (Å²) in [5.41, 5.74) is 5.06. The monoisotopic (exact) mass is 414 g/mol. The van der Waals surface area contributed by atoms with Crippen molar-refractivity contribution >= 4 is 29.7 Å². The van der Waals surface area contributed by atoms with Crippen molar-refractivity contribution in [2.45, 2.75) is 19.9 Å². The van der Waals surface area contributed by atoms with Gasteiger partial charge in [-0.3, -0.25) is 9.78 Å². The van der Waals surface area contributed by atoms with Gasteiger partial charge in [-0.1, -0.05) is 29.8 Å². The molecule has 1 unspecified atom stereocenters. The number of aromatic nitrogens is 2. The maximum atomic E-state index is 13.2. The Morgan fingerprint density at radius 1 is 1.29 bits per heavy atom. The summed E-state index contributed by atoms with van der Waals surface area (Å²) in [6.45, 7) is 6.34. The number of aryl methyl sites for hydroxylation is 2. The second kappa shape index (κ2) is 8.82. The number of carbonyl (C=O) groups is 1. The van der Waals surface area contributed by atoms with Crippen LogP contribution in [0.15, 0.2) is 48.1 Å². The van der Waals surface area contributed by atoms with Crippen molar-refractivity contribution < 1.29 is 4.79 Å². The minimum absolute atomic E-state index is 0. The summed E-state index contributed by atoms with van der Waals surface area (Å²) in [7, 11) is 0. The molecule has 1 fully saturated rings. The van der Waals surface area contributed by atoms with Crippen LogP contribution < -0.4 is 5.32 Å². The Bertz CT molecular complexity index is 960. The molecule has 1 aliphatic heterocycles. The predicted molar refractivity (Wildman–Crippen MR) is 115 cm³/mol. The summed E-state index contributed by atoms with van der Waals surface area (Å²) in [6.07, 6.45) is 3.59. The molecule has 1 atom stereocenters. The Hall–Kier alpha value is -2.28. The molecule has 0 spiro atoms. The first-order valence-electron chi connectivity index (χ1n) is 9.08. The van der Waals surface area contributed by atoms with Crippen LogP contribution in [-0.4, -0.2) is 40.4 Å². The summed E-state index contributed by atoms with van der Waals surface area (Å²) < 4.78 is 0. The van der Waals surface area contributed by atoms with E-state index in [1.165, 1.54) is 22.5 Å². The third-order valence-corrected chi connectivity index (χ3v) is 5.78. The van der Waals surface area contributed by atoms with E-state index in [0.717, 1.165) is 29.2 Å². The first-order valence-corrected chi connectivity index (χ1v) is 9.96. The number of amides is 1. The average Bonchev–Trinajstić information content (AvgIpc) is 3.18. The lowest BCUT2D eigenvalue weighted by molar-refractivity contribution is 0.0629. The average molecular weight is 415 g/mol. The summed E-state index contributed by atoms with van der Waals surface area (Å²) in [6, 6.07) is 10.2. The normalized spacial score (nSPS) is 16.5. The molecule has 0 bridgehead atoms. The largest absolute Gasteiger partial charge is 0.328 e. The number of thiazole rings is 1. The fourth-order valence-corrected chi connectivity index (χ4v) is 4.40. The minimum atomic E-state index is -0.0220. The zero-order chi connectivity index (χ0) is 18.8. The minimum Gasteiger partial charge on any atom is -0.328 e.